The number of nitrogens with two attached hydrogens (primary N) is 1. The number of amides is 1. The summed E-state index contributed by atoms with van der Waals surface area (Å²) in [5.41, 5.74) is 5.61. The van der Waals surface area contributed by atoms with E-state index in [-0.39, 0.29) is 11.9 Å². The molecule has 94 valence electrons. The highest BCUT2D eigenvalue weighted by Crippen LogP contribution is 1.86. The van der Waals surface area contributed by atoms with Crippen molar-refractivity contribution in [2.24, 2.45) is 10.7 Å². The van der Waals surface area contributed by atoms with Gasteiger partial charge in [0.15, 0.2) is 5.96 Å². The van der Waals surface area contributed by atoms with Crippen molar-refractivity contribution in [3.8, 4) is 0 Å². The predicted octanol–water partition coefficient (Wildman–Crippen LogP) is 0.606. The molecule has 0 heterocycles. The Kier molecular flexibility index (Phi) is 8.29. The molecule has 0 radical (unpaired) electrons. The number of nitrogens with zero attached hydrogens (tertiary/aromatic N) is 1. The van der Waals surface area contributed by atoms with Gasteiger partial charge in [0.1, 0.15) is 0 Å². The minimum absolute atomic E-state index is 0.0314. The number of carbonyl (C=O) groups excluding carboxylic acids is 1. The lowest BCUT2D eigenvalue weighted by atomic mass is 10.3. The van der Waals surface area contributed by atoms with Crippen molar-refractivity contribution in [2.45, 2.75) is 46.1 Å². The average Bonchev–Trinajstić information content (AvgIpc) is 2.17. The van der Waals surface area contributed by atoms with Crippen LogP contribution < -0.4 is 16.4 Å². The van der Waals surface area contributed by atoms with Crippen LogP contribution in [0, 0.1) is 0 Å². The van der Waals surface area contributed by atoms with E-state index in [4.69, 9.17) is 5.73 Å². The molecule has 0 rings (SSSR count). The van der Waals surface area contributed by atoms with E-state index in [1.54, 1.807) is 0 Å². The molecule has 1 amide bonds. The van der Waals surface area contributed by atoms with Crippen LogP contribution in [-0.2, 0) is 4.79 Å². The van der Waals surface area contributed by atoms with Gasteiger partial charge >= 0.3 is 0 Å². The van der Waals surface area contributed by atoms with Crippen LogP contribution in [0.2, 0.25) is 0 Å². The van der Waals surface area contributed by atoms with E-state index in [1.807, 2.05) is 13.8 Å². The summed E-state index contributed by atoms with van der Waals surface area (Å²) in [5, 5.41) is 5.72. The molecule has 0 bridgehead atoms. The third kappa shape index (κ3) is 9.30. The largest absolute Gasteiger partial charge is 0.370 e. The minimum Gasteiger partial charge on any atom is -0.370 e. The summed E-state index contributed by atoms with van der Waals surface area (Å²) in [6.07, 6.45) is 2.56. The van der Waals surface area contributed by atoms with Crippen LogP contribution >= 0.6 is 0 Å². The quantitative estimate of drug-likeness (QED) is 0.339. The van der Waals surface area contributed by atoms with Crippen LogP contribution in [0.1, 0.15) is 40.0 Å². The molecule has 0 saturated heterocycles. The van der Waals surface area contributed by atoms with Crippen molar-refractivity contribution in [1.29, 1.82) is 0 Å². The number of hydrogen-bond acceptors (Lipinski definition) is 2. The van der Waals surface area contributed by atoms with Gasteiger partial charge in [0.2, 0.25) is 5.91 Å². The van der Waals surface area contributed by atoms with Gasteiger partial charge in [-0.1, -0.05) is 13.3 Å². The maximum Gasteiger partial charge on any atom is 0.221 e. The van der Waals surface area contributed by atoms with E-state index < -0.39 is 0 Å². The summed E-state index contributed by atoms with van der Waals surface area (Å²) in [5.74, 6) is 0.453. The predicted molar refractivity (Wildman–Crippen MR) is 67.3 cm³/mol. The monoisotopic (exact) mass is 228 g/mol. The zero-order valence-corrected chi connectivity index (χ0v) is 10.5. The Morgan fingerprint density at radius 2 is 2.12 bits per heavy atom. The van der Waals surface area contributed by atoms with Crippen molar-refractivity contribution in [3.63, 3.8) is 0 Å². The topological polar surface area (TPSA) is 79.5 Å². The molecule has 5 heteroatoms. The smallest absolute Gasteiger partial charge is 0.221 e. The van der Waals surface area contributed by atoms with Crippen LogP contribution in [0.3, 0.4) is 0 Å². The van der Waals surface area contributed by atoms with E-state index in [2.05, 4.69) is 22.5 Å². The highest BCUT2D eigenvalue weighted by Gasteiger charge is 2.02. The molecular formula is C11H24N4O. The first kappa shape index (κ1) is 14.7. The summed E-state index contributed by atoms with van der Waals surface area (Å²) in [6, 6.07) is 0.183. The van der Waals surface area contributed by atoms with Crippen LogP contribution in [-0.4, -0.2) is 31.0 Å². The molecule has 5 nitrogen and oxygen atoms in total. The number of guanidine groups is 1. The van der Waals surface area contributed by atoms with Crippen molar-refractivity contribution in [2.75, 3.05) is 13.1 Å². The van der Waals surface area contributed by atoms with Crippen molar-refractivity contribution >= 4 is 11.9 Å². The summed E-state index contributed by atoms with van der Waals surface area (Å²) in [6.45, 7) is 7.25. The lowest BCUT2D eigenvalue weighted by Crippen LogP contribution is -2.37. The van der Waals surface area contributed by atoms with Crippen LogP contribution in [0.25, 0.3) is 0 Å². The highest BCUT2D eigenvalue weighted by atomic mass is 16.1. The van der Waals surface area contributed by atoms with Gasteiger partial charge in [-0.05, 0) is 20.3 Å². The highest BCUT2D eigenvalue weighted by molar-refractivity contribution is 5.80. The summed E-state index contributed by atoms with van der Waals surface area (Å²) in [4.78, 5) is 15.4. The van der Waals surface area contributed by atoms with Crippen LogP contribution in [0.4, 0.5) is 0 Å². The molecular weight excluding hydrogens is 204 g/mol. The fraction of sp³-hybridized carbons (Fsp3) is 0.818. The third-order valence-electron chi connectivity index (χ3n) is 1.90. The molecule has 0 atom stereocenters. The molecule has 4 N–H and O–H groups in total. The number of rotatable bonds is 7. The van der Waals surface area contributed by atoms with Gasteiger partial charge in [0.05, 0.1) is 0 Å². The zero-order chi connectivity index (χ0) is 12.4. The maximum absolute atomic E-state index is 11.3. The molecule has 0 fully saturated rings. The minimum atomic E-state index is 0.0314. The maximum atomic E-state index is 11.3. The molecule has 0 aromatic carbocycles. The first-order valence-corrected chi connectivity index (χ1v) is 5.89. The molecule has 0 unspecified atom stereocenters. The zero-order valence-electron chi connectivity index (χ0n) is 10.5. The fourth-order valence-electron chi connectivity index (χ4n) is 1.11. The van der Waals surface area contributed by atoms with Gasteiger partial charge in [-0.3, -0.25) is 9.79 Å². The molecule has 0 aliphatic heterocycles. The number of hydrogen-bond donors (Lipinski definition) is 3. The SMILES string of the molecule is CCCCN=C(N)NCCC(=O)NC(C)C. The second-order valence-electron chi connectivity index (χ2n) is 4.02. The third-order valence-corrected chi connectivity index (χ3v) is 1.90. The van der Waals surface area contributed by atoms with Crippen LogP contribution in [0.5, 0.6) is 0 Å². The van der Waals surface area contributed by atoms with Crippen molar-refractivity contribution in [1.82, 2.24) is 10.6 Å². The van der Waals surface area contributed by atoms with Gasteiger partial charge in [0.25, 0.3) is 0 Å². The summed E-state index contributed by atoms with van der Waals surface area (Å²) in [7, 11) is 0. The Bertz CT molecular complexity index is 226. The molecule has 16 heavy (non-hydrogen) atoms. The lowest BCUT2D eigenvalue weighted by molar-refractivity contribution is -0.121. The number of carbonyl (C=O) groups is 1. The van der Waals surface area contributed by atoms with Gasteiger partial charge in [-0.2, -0.15) is 0 Å². The van der Waals surface area contributed by atoms with Gasteiger partial charge in [-0.15, -0.1) is 0 Å². The van der Waals surface area contributed by atoms with E-state index in [0.717, 1.165) is 19.4 Å². The molecule has 0 aliphatic carbocycles. The Hall–Kier alpha value is -1.26. The molecule has 0 aliphatic rings. The summed E-state index contributed by atoms with van der Waals surface area (Å²) >= 11 is 0. The Labute approximate surface area is 97.9 Å². The van der Waals surface area contributed by atoms with E-state index in [9.17, 15) is 4.79 Å². The number of nitrogens with one attached hydrogen (secondary N) is 2. The average molecular weight is 228 g/mol. The summed E-state index contributed by atoms with van der Waals surface area (Å²) < 4.78 is 0. The van der Waals surface area contributed by atoms with Crippen molar-refractivity contribution < 1.29 is 4.79 Å². The van der Waals surface area contributed by atoms with Gasteiger partial charge in [0, 0.05) is 25.6 Å². The Morgan fingerprint density at radius 3 is 2.69 bits per heavy atom. The number of unbranched alkanes of at least 4 members (excludes halogenated alkanes) is 1. The van der Waals surface area contributed by atoms with Crippen LogP contribution in [0.15, 0.2) is 4.99 Å². The van der Waals surface area contributed by atoms with Gasteiger partial charge < -0.3 is 16.4 Å². The molecule has 0 saturated carbocycles. The van der Waals surface area contributed by atoms with E-state index in [0.29, 0.717) is 18.9 Å². The first-order chi connectivity index (χ1) is 7.56. The van der Waals surface area contributed by atoms with E-state index >= 15 is 0 Å². The molecule has 0 aromatic heterocycles. The molecule has 0 aromatic rings. The first-order valence-electron chi connectivity index (χ1n) is 5.89. The Balaban J connectivity index is 3.57. The molecule has 0 spiro atoms. The normalized spacial score (nSPS) is 11.6. The fourth-order valence-corrected chi connectivity index (χ4v) is 1.11. The lowest BCUT2D eigenvalue weighted by Gasteiger charge is -2.09. The Morgan fingerprint density at radius 1 is 1.44 bits per heavy atom. The standard InChI is InChI=1S/C11H24N4O/c1-4-5-7-13-11(12)14-8-6-10(16)15-9(2)3/h9H,4-8H2,1-3H3,(H,15,16)(H3,12,13,14). The number of aliphatic imine (C=N–C) groups is 1. The van der Waals surface area contributed by atoms with Crippen molar-refractivity contribution in [3.05, 3.63) is 0 Å². The second kappa shape index (κ2) is 9.00. The van der Waals surface area contributed by atoms with Gasteiger partial charge in [-0.25, -0.2) is 0 Å². The van der Waals surface area contributed by atoms with E-state index in [1.165, 1.54) is 0 Å². The second-order valence-corrected chi connectivity index (χ2v) is 4.02.